The zero-order chi connectivity index (χ0) is 11.2. The molecule has 0 unspecified atom stereocenters. The number of aromatic nitrogens is 1. The van der Waals surface area contributed by atoms with Crippen LogP contribution in [0.3, 0.4) is 0 Å². The van der Waals surface area contributed by atoms with Gasteiger partial charge in [-0.2, -0.15) is 0 Å². The number of para-hydroxylation sites is 1. The monoisotopic (exact) mass is 214 g/mol. The molecule has 2 nitrogen and oxygen atoms in total. The smallest absolute Gasteiger partial charge is 0.0485 e. The summed E-state index contributed by atoms with van der Waals surface area (Å²) in [5.74, 6) is 0. The van der Waals surface area contributed by atoms with Gasteiger partial charge in [-0.1, -0.05) is 18.2 Å². The van der Waals surface area contributed by atoms with E-state index >= 15 is 0 Å². The van der Waals surface area contributed by atoms with Gasteiger partial charge >= 0.3 is 0 Å². The Kier molecular flexibility index (Phi) is 2.08. The second kappa shape index (κ2) is 3.36. The molecule has 2 aromatic rings. The molecular weight excluding hydrogens is 196 g/mol. The van der Waals surface area contributed by atoms with Crippen molar-refractivity contribution >= 4 is 10.9 Å². The van der Waals surface area contributed by atoms with Gasteiger partial charge in [-0.15, -0.1) is 0 Å². The van der Waals surface area contributed by atoms with Crippen LogP contribution in [0.15, 0.2) is 24.3 Å². The minimum Gasteiger partial charge on any atom is -0.358 e. The van der Waals surface area contributed by atoms with Crippen LogP contribution < -0.4 is 5.73 Å². The Labute approximate surface area is 95.8 Å². The summed E-state index contributed by atoms with van der Waals surface area (Å²) in [6, 6.07) is 8.77. The Hall–Kier alpha value is -1.28. The highest BCUT2D eigenvalue weighted by molar-refractivity contribution is 5.83. The minimum atomic E-state index is 0.375. The topological polar surface area (TPSA) is 41.8 Å². The number of rotatable bonds is 3. The average Bonchev–Trinajstić information content (AvgIpc) is 2.91. The Morgan fingerprint density at radius 3 is 2.81 bits per heavy atom. The molecule has 1 aromatic carbocycles. The molecule has 16 heavy (non-hydrogen) atoms. The van der Waals surface area contributed by atoms with Crippen LogP contribution in [0, 0.1) is 6.92 Å². The van der Waals surface area contributed by atoms with Gasteiger partial charge in [0, 0.05) is 16.6 Å². The third kappa shape index (κ3) is 1.37. The molecule has 1 fully saturated rings. The summed E-state index contributed by atoms with van der Waals surface area (Å²) in [4.78, 5) is 3.60. The van der Waals surface area contributed by atoms with Gasteiger partial charge in [0.15, 0.2) is 0 Å². The Morgan fingerprint density at radius 2 is 2.19 bits per heavy atom. The lowest BCUT2D eigenvalue weighted by molar-refractivity contribution is 0.615. The molecule has 1 aliphatic rings. The summed E-state index contributed by atoms with van der Waals surface area (Å²) in [6.07, 6.45) is 3.69. The third-order valence-corrected chi connectivity index (χ3v) is 3.91. The molecule has 84 valence electrons. The standard InChI is InChI=1S/C14H18N2/c1-10-3-2-4-11-9-12(16-13(10)11)14(5-6-14)7-8-15/h2-4,9,16H,5-8,15H2,1H3. The number of benzene rings is 1. The van der Waals surface area contributed by atoms with Gasteiger partial charge in [-0.25, -0.2) is 0 Å². The SMILES string of the molecule is Cc1cccc2cc(C3(CCN)CC3)[nH]c12. The fraction of sp³-hybridized carbons (Fsp3) is 0.429. The van der Waals surface area contributed by atoms with Gasteiger partial charge in [0.2, 0.25) is 0 Å². The van der Waals surface area contributed by atoms with Crippen LogP contribution in [-0.2, 0) is 5.41 Å². The molecule has 3 N–H and O–H groups in total. The van der Waals surface area contributed by atoms with Crippen LogP contribution in [0.5, 0.6) is 0 Å². The van der Waals surface area contributed by atoms with E-state index in [1.807, 2.05) is 0 Å². The number of nitrogens with two attached hydrogens (primary N) is 1. The highest BCUT2D eigenvalue weighted by Gasteiger charge is 2.44. The first-order chi connectivity index (χ1) is 7.75. The largest absolute Gasteiger partial charge is 0.358 e. The summed E-state index contributed by atoms with van der Waals surface area (Å²) in [5, 5.41) is 1.33. The molecule has 0 spiro atoms. The Morgan fingerprint density at radius 1 is 1.38 bits per heavy atom. The van der Waals surface area contributed by atoms with Gasteiger partial charge < -0.3 is 10.7 Å². The molecule has 0 atom stereocenters. The summed E-state index contributed by atoms with van der Waals surface area (Å²) in [6.45, 7) is 2.94. The van der Waals surface area contributed by atoms with E-state index in [0.29, 0.717) is 5.41 Å². The van der Waals surface area contributed by atoms with E-state index in [0.717, 1.165) is 13.0 Å². The van der Waals surface area contributed by atoms with E-state index in [1.54, 1.807) is 0 Å². The first-order valence-electron chi connectivity index (χ1n) is 6.04. The van der Waals surface area contributed by atoms with Crippen LogP contribution in [0.4, 0.5) is 0 Å². The van der Waals surface area contributed by atoms with E-state index in [4.69, 9.17) is 5.73 Å². The fourth-order valence-corrected chi connectivity index (χ4v) is 2.67. The molecule has 1 aliphatic carbocycles. The van der Waals surface area contributed by atoms with Crippen molar-refractivity contribution in [3.8, 4) is 0 Å². The second-order valence-electron chi connectivity index (χ2n) is 5.04. The maximum atomic E-state index is 5.70. The average molecular weight is 214 g/mol. The zero-order valence-electron chi connectivity index (χ0n) is 9.72. The lowest BCUT2D eigenvalue weighted by Crippen LogP contribution is -2.13. The lowest BCUT2D eigenvalue weighted by Gasteiger charge is -2.11. The summed E-state index contributed by atoms with van der Waals surface area (Å²) in [5.41, 5.74) is 10.1. The normalized spacial score (nSPS) is 17.9. The molecule has 0 radical (unpaired) electrons. The maximum absolute atomic E-state index is 5.70. The predicted octanol–water partition coefficient (Wildman–Crippen LogP) is 2.86. The zero-order valence-corrected chi connectivity index (χ0v) is 9.72. The molecule has 1 heterocycles. The third-order valence-electron chi connectivity index (χ3n) is 3.91. The van der Waals surface area contributed by atoms with Crippen molar-refractivity contribution in [2.24, 2.45) is 5.73 Å². The number of aromatic amines is 1. The summed E-state index contributed by atoms with van der Waals surface area (Å²) in [7, 11) is 0. The highest BCUT2D eigenvalue weighted by atomic mass is 14.8. The number of H-pyrrole nitrogens is 1. The van der Waals surface area contributed by atoms with Gasteiger partial charge in [-0.05, 0) is 49.7 Å². The molecule has 0 saturated heterocycles. The molecular formula is C14H18N2. The van der Waals surface area contributed by atoms with Gasteiger partial charge in [0.1, 0.15) is 0 Å². The van der Waals surface area contributed by atoms with Crippen LogP contribution >= 0.6 is 0 Å². The highest BCUT2D eigenvalue weighted by Crippen LogP contribution is 2.50. The van der Waals surface area contributed by atoms with Crippen LogP contribution in [0.1, 0.15) is 30.5 Å². The molecule has 0 bridgehead atoms. The molecule has 2 heteroatoms. The molecule has 3 rings (SSSR count). The van der Waals surface area contributed by atoms with Crippen molar-refractivity contribution in [3.63, 3.8) is 0 Å². The van der Waals surface area contributed by atoms with E-state index < -0.39 is 0 Å². The van der Waals surface area contributed by atoms with E-state index in [9.17, 15) is 0 Å². The van der Waals surface area contributed by atoms with Crippen LogP contribution in [0.2, 0.25) is 0 Å². The van der Waals surface area contributed by atoms with E-state index in [1.165, 1.54) is 35.0 Å². The fourth-order valence-electron chi connectivity index (χ4n) is 2.67. The van der Waals surface area contributed by atoms with Crippen molar-refractivity contribution in [1.29, 1.82) is 0 Å². The number of nitrogens with one attached hydrogen (secondary N) is 1. The minimum absolute atomic E-state index is 0.375. The Bertz CT molecular complexity index is 521. The number of fused-ring (bicyclic) bond motifs is 1. The quantitative estimate of drug-likeness (QED) is 0.810. The van der Waals surface area contributed by atoms with Gasteiger partial charge in [0.05, 0.1) is 0 Å². The molecule has 0 amide bonds. The molecule has 1 saturated carbocycles. The summed E-state index contributed by atoms with van der Waals surface area (Å²) < 4.78 is 0. The van der Waals surface area contributed by atoms with E-state index in [-0.39, 0.29) is 0 Å². The number of hydrogen-bond acceptors (Lipinski definition) is 1. The molecule has 0 aliphatic heterocycles. The summed E-state index contributed by atoms with van der Waals surface area (Å²) >= 11 is 0. The van der Waals surface area contributed by atoms with Crippen molar-refractivity contribution in [3.05, 3.63) is 35.5 Å². The van der Waals surface area contributed by atoms with Gasteiger partial charge in [-0.3, -0.25) is 0 Å². The van der Waals surface area contributed by atoms with E-state index in [2.05, 4.69) is 36.2 Å². The first kappa shape index (κ1) is 9.91. The first-order valence-corrected chi connectivity index (χ1v) is 6.04. The maximum Gasteiger partial charge on any atom is 0.0485 e. The number of aryl methyl sites for hydroxylation is 1. The van der Waals surface area contributed by atoms with Crippen molar-refractivity contribution in [2.75, 3.05) is 6.54 Å². The van der Waals surface area contributed by atoms with Crippen molar-refractivity contribution in [2.45, 2.75) is 31.6 Å². The number of hydrogen-bond donors (Lipinski definition) is 2. The second-order valence-corrected chi connectivity index (χ2v) is 5.04. The van der Waals surface area contributed by atoms with Crippen molar-refractivity contribution in [1.82, 2.24) is 4.98 Å². The van der Waals surface area contributed by atoms with Crippen LogP contribution in [0.25, 0.3) is 10.9 Å². The molecule has 1 aromatic heterocycles. The Balaban J connectivity index is 2.09. The van der Waals surface area contributed by atoms with Crippen molar-refractivity contribution < 1.29 is 0 Å². The van der Waals surface area contributed by atoms with Crippen LogP contribution in [-0.4, -0.2) is 11.5 Å². The lowest BCUT2D eigenvalue weighted by atomic mass is 9.98. The van der Waals surface area contributed by atoms with Gasteiger partial charge in [0.25, 0.3) is 0 Å². The predicted molar refractivity (Wildman–Crippen MR) is 67.6 cm³/mol.